The van der Waals surface area contributed by atoms with E-state index in [0.29, 0.717) is 18.2 Å². The molecule has 98 valence electrons. The van der Waals surface area contributed by atoms with Gasteiger partial charge in [-0.3, -0.25) is 4.90 Å². The van der Waals surface area contributed by atoms with E-state index in [9.17, 15) is 0 Å². The first-order valence-corrected chi connectivity index (χ1v) is 6.11. The lowest BCUT2D eigenvalue weighted by Crippen LogP contribution is -2.31. The van der Waals surface area contributed by atoms with Crippen molar-refractivity contribution >= 4 is 5.69 Å². The number of methoxy groups -OCH3 is 1. The van der Waals surface area contributed by atoms with Gasteiger partial charge in [0.2, 0.25) is 0 Å². The lowest BCUT2D eigenvalue weighted by atomic mass is 10.1. The number of anilines is 1. The maximum atomic E-state index is 8.67. The Kier molecular flexibility index (Phi) is 5.47. The Labute approximate surface area is 109 Å². The van der Waals surface area contributed by atoms with Crippen LogP contribution in [0.1, 0.15) is 25.8 Å². The molecule has 0 amide bonds. The van der Waals surface area contributed by atoms with Crippen molar-refractivity contribution in [2.45, 2.75) is 32.9 Å². The predicted molar refractivity (Wildman–Crippen MR) is 73.2 cm³/mol. The van der Waals surface area contributed by atoms with Crippen molar-refractivity contribution in [2.24, 2.45) is 0 Å². The number of nitriles is 1. The summed E-state index contributed by atoms with van der Waals surface area (Å²) in [5.41, 5.74) is 7.65. The number of nitrogen functional groups attached to an aromatic ring is 1. The Morgan fingerprint density at radius 2 is 2.11 bits per heavy atom. The van der Waals surface area contributed by atoms with Crippen LogP contribution in [0.25, 0.3) is 0 Å². The highest BCUT2D eigenvalue weighted by Crippen LogP contribution is 2.20. The number of hydrogen-bond acceptors (Lipinski definition) is 4. The van der Waals surface area contributed by atoms with Crippen molar-refractivity contribution in [3.63, 3.8) is 0 Å². The zero-order valence-electron chi connectivity index (χ0n) is 11.3. The highest BCUT2D eigenvalue weighted by molar-refractivity contribution is 5.47. The monoisotopic (exact) mass is 247 g/mol. The first-order valence-electron chi connectivity index (χ1n) is 6.11. The van der Waals surface area contributed by atoms with Gasteiger partial charge in [0.25, 0.3) is 0 Å². The van der Waals surface area contributed by atoms with E-state index in [4.69, 9.17) is 15.7 Å². The van der Waals surface area contributed by atoms with Gasteiger partial charge in [-0.1, -0.05) is 0 Å². The molecular weight excluding hydrogens is 226 g/mol. The third-order valence-electron chi connectivity index (χ3n) is 2.85. The molecule has 0 unspecified atom stereocenters. The van der Waals surface area contributed by atoms with Gasteiger partial charge in [-0.25, -0.2) is 0 Å². The highest BCUT2D eigenvalue weighted by Gasteiger charge is 2.10. The van der Waals surface area contributed by atoms with Crippen LogP contribution in [-0.2, 0) is 6.54 Å². The molecule has 18 heavy (non-hydrogen) atoms. The normalized spacial score (nSPS) is 10.7. The summed E-state index contributed by atoms with van der Waals surface area (Å²) in [6, 6.07) is 8.31. The van der Waals surface area contributed by atoms with E-state index < -0.39 is 0 Å². The van der Waals surface area contributed by atoms with Gasteiger partial charge in [-0.05, 0) is 31.5 Å². The molecule has 0 aliphatic rings. The van der Waals surface area contributed by atoms with Crippen molar-refractivity contribution in [1.29, 1.82) is 5.26 Å². The van der Waals surface area contributed by atoms with Crippen LogP contribution in [0.4, 0.5) is 5.69 Å². The SMILES string of the molecule is COc1cc(N)cc(CN(CCC#N)C(C)C)c1. The molecule has 0 bridgehead atoms. The van der Waals surface area contributed by atoms with E-state index in [1.54, 1.807) is 13.2 Å². The Morgan fingerprint density at radius 3 is 2.67 bits per heavy atom. The van der Waals surface area contributed by atoms with Gasteiger partial charge >= 0.3 is 0 Å². The lowest BCUT2D eigenvalue weighted by molar-refractivity contribution is 0.217. The largest absolute Gasteiger partial charge is 0.497 e. The maximum Gasteiger partial charge on any atom is 0.121 e. The Morgan fingerprint density at radius 1 is 1.39 bits per heavy atom. The highest BCUT2D eigenvalue weighted by atomic mass is 16.5. The number of nitrogens with zero attached hydrogens (tertiary/aromatic N) is 2. The van der Waals surface area contributed by atoms with Crippen LogP contribution >= 0.6 is 0 Å². The molecule has 0 saturated heterocycles. The maximum absolute atomic E-state index is 8.67. The molecule has 1 aromatic carbocycles. The molecule has 2 N–H and O–H groups in total. The van der Waals surface area contributed by atoms with Gasteiger partial charge in [0, 0.05) is 37.3 Å². The van der Waals surface area contributed by atoms with E-state index in [0.717, 1.165) is 24.4 Å². The van der Waals surface area contributed by atoms with E-state index in [-0.39, 0.29) is 0 Å². The third kappa shape index (κ3) is 4.27. The summed E-state index contributed by atoms with van der Waals surface area (Å²) in [5.74, 6) is 0.772. The molecule has 0 aliphatic carbocycles. The average molecular weight is 247 g/mol. The summed E-state index contributed by atoms with van der Waals surface area (Å²) in [7, 11) is 1.63. The minimum absolute atomic E-state index is 0.394. The van der Waals surface area contributed by atoms with Crippen molar-refractivity contribution in [3.8, 4) is 11.8 Å². The summed E-state index contributed by atoms with van der Waals surface area (Å²) >= 11 is 0. The first-order chi connectivity index (χ1) is 8.56. The average Bonchev–Trinajstić information content (AvgIpc) is 2.33. The van der Waals surface area contributed by atoms with Gasteiger partial charge in [0.1, 0.15) is 5.75 Å². The molecule has 0 heterocycles. The number of rotatable bonds is 6. The fraction of sp³-hybridized carbons (Fsp3) is 0.500. The lowest BCUT2D eigenvalue weighted by Gasteiger charge is -2.25. The minimum Gasteiger partial charge on any atom is -0.497 e. The van der Waals surface area contributed by atoms with Crippen molar-refractivity contribution in [2.75, 3.05) is 19.4 Å². The van der Waals surface area contributed by atoms with Gasteiger partial charge < -0.3 is 10.5 Å². The Balaban J connectivity index is 2.80. The van der Waals surface area contributed by atoms with Crippen LogP contribution in [0.2, 0.25) is 0 Å². The molecule has 1 aromatic rings. The van der Waals surface area contributed by atoms with Gasteiger partial charge in [-0.2, -0.15) is 5.26 Å². The molecule has 0 aromatic heterocycles. The van der Waals surface area contributed by atoms with Crippen molar-refractivity contribution in [3.05, 3.63) is 23.8 Å². The number of nitrogens with two attached hydrogens (primary N) is 1. The number of hydrogen-bond donors (Lipinski definition) is 1. The summed E-state index contributed by atoms with van der Waals surface area (Å²) < 4.78 is 5.21. The van der Waals surface area contributed by atoms with Crippen LogP contribution in [0.3, 0.4) is 0 Å². The molecule has 4 nitrogen and oxygen atoms in total. The molecule has 1 rings (SSSR count). The summed E-state index contributed by atoms with van der Waals surface area (Å²) in [4.78, 5) is 2.25. The molecule has 0 radical (unpaired) electrons. The smallest absolute Gasteiger partial charge is 0.121 e. The van der Waals surface area contributed by atoms with E-state index >= 15 is 0 Å². The third-order valence-corrected chi connectivity index (χ3v) is 2.85. The number of ether oxygens (including phenoxy) is 1. The van der Waals surface area contributed by atoms with Crippen molar-refractivity contribution < 1.29 is 4.74 Å². The second-order valence-electron chi connectivity index (χ2n) is 4.59. The van der Waals surface area contributed by atoms with Crippen LogP contribution in [-0.4, -0.2) is 24.6 Å². The standard InChI is InChI=1S/C14H21N3O/c1-11(2)17(6-4-5-15)10-12-7-13(16)9-14(8-12)18-3/h7-9,11H,4,6,10,16H2,1-3H3. The second kappa shape index (κ2) is 6.87. The quantitative estimate of drug-likeness (QED) is 0.784. The van der Waals surface area contributed by atoms with Gasteiger partial charge in [0.15, 0.2) is 0 Å². The fourth-order valence-corrected chi connectivity index (χ4v) is 1.84. The summed E-state index contributed by atoms with van der Waals surface area (Å²) in [6.45, 7) is 5.80. The summed E-state index contributed by atoms with van der Waals surface area (Å²) in [5, 5.41) is 8.67. The van der Waals surface area contributed by atoms with Crippen molar-refractivity contribution in [1.82, 2.24) is 4.90 Å². The molecular formula is C14H21N3O. The topological polar surface area (TPSA) is 62.3 Å². The fourth-order valence-electron chi connectivity index (χ4n) is 1.84. The molecule has 0 aliphatic heterocycles. The summed E-state index contributed by atoms with van der Waals surface area (Å²) in [6.07, 6.45) is 0.539. The van der Waals surface area contributed by atoms with E-state index in [2.05, 4.69) is 24.8 Å². The Hall–Kier alpha value is -1.73. The number of benzene rings is 1. The van der Waals surface area contributed by atoms with Crippen LogP contribution in [0, 0.1) is 11.3 Å². The van der Waals surface area contributed by atoms with Crippen LogP contribution in [0.15, 0.2) is 18.2 Å². The van der Waals surface area contributed by atoms with Crippen LogP contribution in [0.5, 0.6) is 5.75 Å². The molecule has 4 heteroatoms. The van der Waals surface area contributed by atoms with E-state index in [1.165, 1.54) is 0 Å². The predicted octanol–water partition coefficient (Wildman–Crippen LogP) is 2.40. The second-order valence-corrected chi connectivity index (χ2v) is 4.59. The van der Waals surface area contributed by atoms with E-state index in [1.807, 2.05) is 12.1 Å². The zero-order chi connectivity index (χ0) is 13.5. The molecule has 0 spiro atoms. The molecule has 0 fully saturated rings. The van der Waals surface area contributed by atoms with Crippen LogP contribution < -0.4 is 10.5 Å². The molecule has 0 saturated carbocycles. The first kappa shape index (κ1) is 14.3. The van der Waals surface area contributed by atoms with Gasteiger partial charge in [-0.15, -0.1) is 0 Å². The Bertz CT molecular complexity index is 424. The minimum atomic E-state index is 0.394. The molecule has 0 atom stereocenters. The van der Waals surface area contributed by atoms with Gasteiger partial charge in [0.05, 0.1) is 13.2 Å². The zero-order valence-corrected chi connectivity index (χ0v) is 11.3.